The molecule has 0 spiro atoms. The zero-order valence-corrected chi connectivity index (χ0v) is 17.1. The van der Waals surface area contributed by atoms with Gasteiger partial charge in [-0.25, -0.2) is 0 Å². The van der Waals surface area contributed by atoms with Gasteiger partial charge < -0.3 is 18.8 Å². The Morgan fingerprint density at radius 2 is 1.82 bits per heavy atom. The maximum absolute atomic E-state index is 12.5. The Hall–Kier alpha value is -2.64. The van der Waals surface area contributed by atoms with Crippen LogP contribution in [-0.4, -0.2) is 37.9 Å². The van der Waals surface area contributed by atoms with Gasteiger partial charge in [0.25, 0.3) is 5.91 Å². The average Bonchev–Trinajstić information content (AvgIpc) is 3.03. The fraction of sp³-hybridized carbons (Fsp3) is 0.333. The van der Waals surface area contributed by atoms with Crippen LogP contribution < -0.4 is 14.3 Å². The van der Waals surface area contributed by atoms with Crippen molar-refractivity contribution in [1.29, 1.82) is 0 Å². The number of fused-ring (bicyclic) bond motifs is 1. The zero-order chi connectivity index (χ0) is 19.9. The molecule has 28 heavy (non-hydrogen) atoms. The summed E-state index contributed by atoms with van der Waals surface area (Å²) in [5.74, 6) is 1.11. The lowest BCUT2D eigenvalue weighted by molar-refractivity contribution is -0.117. The standard InChI is InChI=1S/C21H24N2O4S/c1-4-27-11-10-23-16-13-17(25-2)18(26-3)14-19(16)28-21(23)22-20(24)12-15-8-6-5-7-9-15/h5-9,13-14H,4,10-12H2,1-3H3. The summed E-state index contributed by atoms with van der Waals surface area (Å²) in [6.07, 6.45) is 0.271. The second-order valence-corrected chi connectivity index (χ2v) is 7.09. The lowest BCUT2D eigenvalue weighted by atomic mass is 10.1. The van der Waals surface area contributed by atoms with E-state index in [1.807, 2.05) is 54.0 Å². The summed E-state index contributed by atoms with van der Waals surface area (Å²) in [7, 11) is 3.21. The smallest absolute Gasteiger partial charge is 0.252 e. The molecule has 7 heteroatoms. The van der Waals surface area contributed by atoms with Crippen molar-refractivity contribution in [3.05, 3.63) is 52.8 Å². The monoisotopic (exact) mass is 400 g/mol. The van der Waals surface area contributed by atoms with Crippen LogP contribution in [0.25, 0.3) is 10.2 Å². The molecule has 6 nitrogen and oxygen atoms in total. The largest absolute Gasteiger partial charge is 0.493 e. The first kappa shape index (κ1) is 20.1. The Labute approximate surface area is 168 Å². The Balaban J connectivity index is 2.03. The summed E-state index contributed by atoms with van der Waals surface area (Å²) in [5.41, 5.74) is 1.88. The molecule has 0 atom stereocenters. The number of ether oxygens (including phenoxy) is 3. The highest BCUT2D eigenvalue weighted by Gasteiger charge is 2.13. The van der Waals surface area contributed by atoms with E-state index >= 15 is 0 Å². The SMILES string of the molecule is CCOCCn1c(=NC(=O)Cc2ccccc2)sc2cc(OC)c(OC)cc21. The molecule has 0 bridgehead atoms. The van der Waals surface area contributed by atoms with E-state index in [-0.39, 0.29) is 12.3 Å². The Bertz CT molecular complexity index is 1010. The van der Waals surface area contributed by atoms with Crippen LogP contribution in [0.1, 0.15) is 12.5 Å². The second kappa shape index (κ2) is 9.52. The molecule has 3 rings (SSSR count). The molecule has 148 valence electrons. The number of methoxy groups -OCH3 is 2. The van der Waals surface area contributed by atoms with E-state index in [2.05, 4.69) is 4.99 Å². The minimum atomic E-state index is -0.179. The van der Waals surface area contributed by atoms with Crippen molar-refractivity contribution in [3.8, 4) is 11.5 Å². The lowest BCUT2D eigenvalue weighted by Gasteiger charge is -2.09. The van der Waals surface area contributed by atoms with Gasteiger partial charge in [-0.3, -0.25) is 4.79 Å². The van der Waals surface area contributed by atoms with Crippen LogP contribution in [0.15, 0.2) is 47.5 Å². The van der Waals surface area contributed by atoms with Crippen molar-refractivity contribution in [2.45, 2.75) is 19.9 Å². The van der Waals surface area contributed by atoms with Crippen molar-refractivity contribution >= 4 is 27.5 Å². The Morgan fingerprint density at radius 3 is 2.50 bits per heavy atom. The summed E-state index contributed by atoms with van der Waals surface area (Å²) in [6.45, 7) is 3.73. The molecule has 0 fully saturated rings. The number of thiazole rings is 1. The normalized spacial score (nSPS) is 11.8. The Kier molecular flexibility index (Phi) is 6.84. The van der Waals surface area contributed by atoms with E-state index < -0.39 is 0 Å². The van der Waals surface area contributed by atoms with Gasteiger partial charge in [0.1, 0.15) is 0 Å². The summed E-state index contributed by atoms with van der Waals surface area (Å²) in [5, 5.41) is 0. The number of rotatable bonds is 8. The van der Waals surface area contributed by atoms with E-state index in [9.17, 15) is 4.79 Å². The van der Waals surface area contributed by atoms with Crippen LogP contribution in [0.4, 0.5) is 0 Å². The molecule has 0 saturated heterocycles. The molecule has 0 aliphatic heterocycles. The first-order chi connectivity index (χ1) is 13.7. The molecule has 1 heterocycles. The topological polar surface area (TPSA) is 62.1 Å². The molecule has 0 saturated carbocycles. The van der Waals surface area contributed by atoms with Gasteiger partial charge >= 0.3 is 0 Å². The molecule has 0 unspecified atom stereocenters. The van der Waals surface area contributed by atoms with E-state index in [0.717, 1.165) is 15.8 Å². The number of nitrogens with zero attached hydrogens (tertiary/aromatic N) is 2. The first-order valence-electron chi connectivity index (χ1n) is 9.10. The predicted octanol–water partition coefficient (Wildman–Crippen LogP) is 3.43. The van der Waals surface area contributed by atoms with Gasteiger partial charge in [-0.15, -0.1) is 0 Å². The second-order valence-electron chi connectivity index (χ2n) is 6.08. The maximum atomic E-state index is 12.5. The number of amides is 1. The van der Waals surface area contributed by atoms with Gasteiger partial charge in [0.15, 0.2) is 16.3 Å². The van der Waals surface area contributed by atoms with Crippen molar-refractivity contribution in [2.24, 2.45) is 4.99 Å². The average molecular weight is 401 g/mol. The van der Waals surface area contributed by atoms with E-state index in [0.29, 0.717) is 36.1 Å². The molecule has 0 radical (unpaired) electrons. The third kappa shape index (κ3) is 4.61. The van der Waals surface area contributed by atoms with E-state index in [1.54, 1.807) is 14.2 Å². The van der Waals surface area contributed by atoms with E-state index in [1.165, 1.54) is 11.3 Å². The van der Waals surface area contributed by atoms with Crippen LogP contribution >= 0.6 is 11.3 Å². The number of benzene rings is 2. The van der Waals surface area contributed by atoms with Crippen molar-refractivity contribution < 1.29 is 19.0 Å². The van der Waals surface area contributed by atoms with Crippen molar-refractivity contribution in [1.82, 2.24) is 4.57 Å². The van der Waals surface area contributed by atoms with Crippen LogP contribution in [0, 0.1) is 0 Å². The van der Waals surface area contributed by atoms with Gasteiger partial charge in [0, 0.05) is 25.3 Å². The number of hydrogen-bond acceptors (Lipinski definition) is 5. The highest BCUT2D eigenvalue weighted by atomic mass is 32.1. The number of hydrogen-bond donors (Lipinski definition) is 0. The quantitative estimate of drug-likeness (QED) is 0.544. The number of aromatic nitrogens is 1. The molecule has 1 aromatic heterocycles. The molecule has 2 aromatic carbocycles. The summed E-state index contributed by atoms with van der Waals surface area (Å²) < 4.78 is 19.3. The minimum absolute atomic E-state index is 0.179. The molecule has 0 N–H and O–H groups in total. The van der Waals surface area contributed by atoms with Crippen LogP contribution in [0.5, 0.6) is 11.5 Å². The molecule has 1 amide bonds. The van der Waals surface area contributed by atoms with E-state index in [4.69, 9.17) is 14.2 Å². The van der Waals surface area contributed by atoms with Crippen LogP contribution in [-0.2, 0) is 22.5 Å². The Morgan fingerprint density at radius 1 is 1.11 bits per heavy atom. The minimum Gasteiger partial charge on any atom is -0.493 e. The molecule has 0 aliphatic carbocycles. The van der Waals surface area contributed by atoms with Gasteiger partial charge in [-0.05, 0) is 12.5 Å². The third-order valence-electron chi connectivity index (χ3n) is 4.27. The zero-order valence-electron chi connectivity index (χ0n) is 16.3. The van der Waals surface area contributed by atoms with Crippen molar-refractivity contribution in [3.63, 3.8) is 0 Å². The summed E-state index contributed by atoms with van der Waals surface area (Å²) in [6, 6.07) is 13.5. The lowest BCUT2D eigenvalue weighted by Crippen LogP contribution is -2.20. The maximum Gasteiger partial charge on any atom is 0.252 e. The van der Waals surface area contributed by atoms with Gasteiger partial charge in [-0.2, -0.15) is 4.99 Å². The summed E-state index contributed by atoms with van der Waals surface area (Å²) >= 11 is 1.45. The van der Waals surface area contributed by atoms with Crippen LogP contribution in [0.3, 0.4) is 0 Å². The molecule has 0 aliphatic rings. The van der Waals surface area contributed by atoms with Crippen LogP contribution in [0.2, 0.25) is 0 Å². The number of carbonyl (C=O) groups is 1. The fourth-order valence-corrected chi connectivity index (χ4v) is 4.00. The van der Waals surface area contributed by atoms with Gasteiger partial charge in [0.2, 0.25) is 0 Å². The van der Waals surface area contributed by atoms with Gasteiger partial charge in [-0.1, -0.05) is 41.7 Å². The van der Waals surface area contributed by atoms with Gasteiger partial charge in [0.05, 0.1) is 37.5 Å². The molecule has 3 aromatic rings. The predicted molar refractivity (Wildman–Crippen MR) is 110 cm³/mol. The first-order valence-corrected chi connectivity index (χ1v) is 9.92. The highest BCUT2D eigenvalue weighted by molar-refractivity contribution is 7.16. The number of carbonyl (C=O) groups excluding carboxylic acids is 1. The summed E-state index contributed by atoms with van der Waals surface area (Å²) in [4.78, 5) is 17.6. The third-order valence-corrected chi connectivity index (χ3v) is 5.31. The molecular formula is C21H24N2O4S. The molecular weight excluding hydrogens is 376 g/mol. The fourth-order valence-electron chi connectivity index (χ4n) is 2.91. The highest BCUT2D eigenvalue weighted by Crippen LogP contribution is 2.33. The van der Waals surface area contributed by atoms with Crippen molar-refractivity contribution in [2.75, 3.05) is 27.4 Å².